The van der Waals surface area contributed by atoms with Crippen molar-refractivity contribution in [2.45, 2.75) is 18.9 Å². The predicted octanol–water partition coefficient (Wildman–Crippen LogP) is 0.997. The molecule has 3 rings (SSSR count). The van der Waals surface area contributed by atoms with Gasteiger partial charge < -0.3 is 10.6 Å². The Morgan fingerprint density at radius 2 is 2.18 bits per heavy atom. The van der Waals surface area contributed by atoms with Gasteiger partial charge in [0.15, 0.2) is 11.0 Å². The molecule has 0 aromatic carbocycles. The lowest BCUT2D eigenvalue weighted by molar-refractivity contribution is 0.230. The predicted molar refractivity (Wildman–Crippen MR) is 68.3 cm³/mol. The number of nitrogens with zero attached hydrogens (tertiary/aromatic N) is 4. The highest BCUT2D eigenvalue weighted by molar-refractivity contribution is 6.32. The molecule has 0 amide bonds. The third-order valence-electron chi connectivity index (χ3n) is 3.70. The summed E-state index contributed by atoms with van der Waals surface area (Å²) in [6, 6.07) is 0.650. The highest BCUT2D eigenvalue weighted by Gasteiger charge is 2.31. The molecule has 1 aromatic rings. The van der Waals surface area contributed by atoms with E-state index >= 15 is 0 Å². The zero-order valence-corrected chi connectivity index (χ0v) is 10.4. The number of hydrogen-bond donors (Lipinski definition) is 1. The first kappa shape index (κ1) is 11.0. The van der Waals surface area contributed by atoms with Crippen molar-refractivity contribution < 1.29 is 0 Å². The second-order valence-electron chi connectivity index (χ2n) is 4.68. The summed E-state index contributed by atoms with van der Waals surface area (Å²) in [6.07, 6.45) is 4.06. The van der Waals surface area contributed by atoms with Crippen LogP contribution < -0.4 is 10.6 Å². The summed E-state index contributed by atoms with van der Waals surface area (Å²) >= 11 is 5.93. The molecule has 17 heavy (non-hydrogen) atoms. The number of nitrogen functional groups attached to an aromatic ring is 1. The monoisotopic (exact) mass is 253 g/mol. The molecule has 0 saturated carbocycles. The van der Waals surface area contributed by atoms with E-state index in [9.17, 15) is 0 Å². The third-order valence-corrected chi connectivity index (χ3v) is 4.00. The van der Waals surface area contributed by atoms with Crippen LogP contribution in [-0.4, -0.2) is 47.1 Å². The van der Waals surface area contributed by atoms with Crippen molar-refractivity contribution in [1.82, 2.24) is 14.9 Å². The average molecular weight is 254 g/mol. The Kier molecular flexibility index (Phi) is 2.80. The van der Waals surface area contributed by atoms with Crippen molar-refractivity contribution in [2.75, 3.05) is 36.8 Å². The van der Waals surface area contributed by atoms with E-state index in [1.54, 1.807) is 0 Å². The summed E-state index contributed by atoms with van der Waals surface area (Å²) in [5.41, 5.74) is 6.44. The number of aromatic nitrogens is 2. The van der Waals surface area contributed by atoms with Gasteiger partial charge >= 0.3 is 0 Å². The Balaban J connectivity index is 1.82. The number of nitrogens with two attached hydrogens (primary N) is 1. The molecular weight excluding hydrogens is 238 g/mol. The molecule has 1 atom stereocenters. The Labute approximate surface area is 106 Å². The highest BCUT2D eigenvalue weighted by atomic mass is 35.5. The van der Waals surface area contributed by atoms with Crippen LogP contribution in [-0.2, 0) is 0 Å². The van der Waals surface area contributed by atoms with Gasteiger partial charge in [0, 0.05) is 25.7 Å². The van der Waals surface area contributed by atoms with E-state index in [1.807, 2.05) is 0 Å². The second kappa shape index (κ2) is 4.31. The Bertz CT molecular complexity index is 424. The van der Waals surface area contributed by atoms with E-state index in [1.165, 1.54) is 25.7 Å². The van der Waals surface area contributed by atoms with Gasteiger partial charge in [-0.1, -0.05) is 11.6 Å². The van der Waals surface area contributed by atoms with Crippen LogP contribution in [0.5, 0.6) is 0 Å². The Morgan fingerprint density at radius 3 is 3.06 bits per heavy atom. The SMILES string of the molecule is Nc1c(Cl)ncnc1N1CCN2CCCC2C1. The quantitative estimate of drug-likeness (QED) is 0.757. The largest absolute Gasteiger partial charge is 0.393 e. The lowest BCUT2D eigenvalue weighted by atomic mass is 10.1. The van der Waals surface area contributed by atoms with Gasteiger partial charge in [-0.05, 0) is 19.4 Å². The van der Waals surface area contributed by atoms with Crippen molar-refractivity contribution in [3.8, 4) is 0 Å². The topological polar surface area (TPSA) is 58.3 Å². The first-order valence-electron chi connectivity index (χ1n) is 6.00. The normalized spacial score (nSPS) is 25.0. The summed E-state index contributed by atoms with van der Waals surface area (Å²) in [5, 5.41) is 0.351. The number of piperazine rings is 1. The van der Waals surface area contributed by atoms with Crippen LogP contribution in [0.15, 0.2) is 6.33 Å². The van der Waals surface area contributed by atoms with Crippen LogP contribution in [0.2, 0.25) is 5.15 Å². The van der Waals surface area contributed by atoms with Crippen LogP contribution in [0.4, 0.5) is 11.5 Å². The molecule has 2 fully saturated rings. The molecule has 1 aromatic heterocycles. The van der Waals surface area contributed by atoms with E-state index in [0.29, 0.717) is 16.9 Å². The molecule has 1 unspecified atom stereocenters. The van der Waals surface area contributed by atoms with Gasteiger partial charge in [-0.15, -0.1) is 0 Å². The fraction of sp³-hybridized carbons (Fsp3) is 0.636. The Morgan fingerprint density at radius 1 is 1.29 bits per heavy atom. The van der Waals surface area contributed by atoms with E-state index in [-0.39, 0.29) is 0 Å². The first-order valence-corrected chi connectivity index (χ1v) is 6.38. The number of hydrogen-bond acceptors (Lipinski definition) is 5. The van der Waals surface area contributed by atoms with Crippen molar-refractivity contribution in [3.63, 3.8) is 0 Å². The maximum absolute atomic E-state index is 5.94. The number of halogens is 1. The maximum Gasteiger partial charge on any atom is 0.157 e. The molecule has 2 aliphatic rings. The second-order valence-corrected chi connectivity index (χ2v) is 5.04. The van der Waals surface area contributed by atoms with Gasteiger partial charge in [-0.25, -0.2) is 9.97 Å². The zero-order chi connectivity index (χ0) is 11.8. The van der Waals surface area contributed by atoms with Crippen molar-refractivity contribution >= 4 is 23.1 Å². The number of anilines is 2. The molecule has 0 radical (unpaired) electrons. The van der Waals surface area contributed by atoms with Crippen LogP contribution >= 0.6 is 11.6 Å². The van der Waals surface area contributed by atoms with Crippen LogP contribution in [0, 0.1) is 0 Å². The minimum atomic E-state index is 0.351. The van der Waals surface area contributed by atoms with Crippen molar-refractivity contribution in [2.24, 2.45) is 0 Å². The third kappa shape index (κ3) is 1.93. The molecule has 2 N–H and O–H groups in total. The minimum Gasteiger partial charge on any atom is -0.393 e. The highest BCUT2D eigenvalue weighted by Crippen LogP contribution is 2.29. The molecule has 92 valence electrons. The summed E-state index contributed by atoms with van der Waals surface area (Å²) in [5.74, 6) is 0.788. The van der Waals surface area contributed by atoms with Crippen molar-refractivity contribution in [3.05, 3.63) is 11.5 Å². The minimum absolute atomic E-state index is 0.351. The maximum atomic E-state index is 5.94. The van der Waals surface area contributed by atoms with Crippen LogP contribution in [0.3, 0.4) is 0 Å². The number of rotatable bonds is 1. The average Bonchev–Trinajstić information content (AvgIpc) is 2.79. The molecule has 0 spiro atoms. The van der Waals surface area contributed by atoms with Gasteiger partial charge in [0.1, 0.15) is 12.0 Å². The summed E-state index contributed by atoms with van der Waals surface area (Å²) in [4.78, 5) is 12.9. The van der Waals surface area contributed by atoms with Gasteiger partial charge in [0.25, 0.3) is 0 Å². The molecule has 2 saturated heterocycles. The van der Waals surface area contributed by atoms with Gasteiger partial charge in [-0.3, -0.25) is 4.90 Å². The molecule has 0 aliphatic carbocycles. The Hall–Kier alpha value is -1.07. The molecule has 6 heteroatoms. The molecule has 3 heterocycles. The fourth-order valence-electron chi connectivity index (χ4n) is 2.80. The smallest absolute Gasteiger partial charge is 0.157 e. The zero-order valence-electron chi connectivity index (χ0n) is 9.64. The number of fused-ring (bicyclic) bond motifs is 1. The lowest BCUT2D eigenvalue weighted by Gasteiger charge is -2.38. The van der Waals surface area contributed by atoms with E-state index in [2.05, 4.69) is 19.8 Å². The summed E-state index contributed by atoms with van der Waals surface area (Å²) in [7, 11) is 0. The van der Waals surface area contributed by atoms with Gasteiger partial charge in [-0.2, -0.15) is 0 Å². The van der Waals surface area contributed by atoms with E-state index < -0.39 is 0 Å². The lowest BCUT2D eigenvalue weighted by Crippen LogP contribution is -2.50. The van der Waals surface area contributed by atoms with E-state index in [4.69, 9.17) is 17.3 Å². The van der Waals surface area contributed by atoms with Gasteiger partial charge in [0.05, 0.1) is 0 Å². The first-order chi connectivity index (χ1) is 8.25. The standard InChI is InChI=1S/C11H16ClN5/c12-10-9(13)11(15-7-14-10)17-5-4-16-3-1-2-8(16)6-17/h7-8H,1-6,13H2. The van der Waals surface area contributed by atoms with Crippen LogP contribution in [0.25, 0.3) is 0 Å². The van der Waals surface area contributed by atoms with Gasteiger partial charge in [0.2, 0.25) is 0 Å². The van der Waals surface area contributed by atoms with Crippen molar-refractivity contribution in [1.29, 1.82) is 0 Å². The fourth-order valence-corrected chi connectivity index (χ4v) is 2.93. The van der Waals surface area contributed by atoms with E-state index in [0.717, 1.165) is 25.5 Å². The van der Waals surface area contributed by atoms with Crippen LogP contribution in [0.1, 0.15) is 12.8 Å². The molecule has 0 bridgehead atoms. The summed E-state index contributed by atoms with van der Waals surface area (Å²) in [6.45, 7) is 4.29. The summed E-state index contributed by atoms with van der Waals surface area (Å²) < 4.78 is 0. The molecule has 5 nitrogen and oxygen atoms in total. The molecular formula is C11H16ClN5. The molecule has 2 aliphatic heterocycles.